The minimum atomic E-state index is -1.16. The van der Waals surface area contributed by atoms with Crippen molar-refractivity contribution in [3.05, 3.63) is 60.6 Å². The lowest BCUT2D eigenvalue weighted by Crippen LogP contribution is -2.48. The lowest BCUT2D eigenvalue weighted by Gasteiger charge is -2.37. The summed E-state index contributed by atoms with van der Waals surface area (Å²) in [6.45, 7) is 15.4. The van der Waals surface area contributed by atoms with E-state index >= 15 is 0 Å². The molecule has 6 rings (SSSR count). The van der Waals surface area contributed by atoms with E-state index in [1.807, 2.05) is 53.4 Å². The summed E-state index contributed by atoms with van der Waals surface area (Å²) in [5, 5.41) is 3.70. The van der Waals surface area contributed by atoms with Crippen molar-refractivity contribution in [3.63, 3.8) is 0 Å². The van der Waals surface area contributed by atoms with Crippen LogP contribution in [0.2, 0.25) is 25.7 Å². The molecule has 1 amide bonds. The van der Waals surface area contributed by atoms with Crippen LogP contribution in [0.25, 0.3) is 22.4 Å². The molecule has 0 saturated carbocycles. The number of benzene rings is 1. The summed E-state index contributed by atoms with van der Waals surface area (Å²) in [6.07, 6.45) is 6.21. The van der Waals surface area contributed by atoms with E-state index < -0.39 is 8.07 Å². The second-order valence-corrected chi connectivity index (χ2v) is 20.1. The smallest absolute Gasteiger partial charge is 0.410 e. The van der Waals surface area contributed by atoms with Crippen molar-refractivity contribution < 1.29 is 14.3 Å². The SMILES string of the molecule is CC1C[C@H](Nc2nc(N3CCN(C)CC3)ncc2-c2cnc3c(ccn3COCC[Si](C)(C)C)n2)CN(C(=O)OCc2ccccc2)C1. The number of nitrogens with zero attached hydrogens (tertiary/aromatic N) is 8. The molecule has 5 heterocycles. The van der Waals surface area contributed by atoms with Crippen LogP contribution in [-0.2, 0) is 22.8 Å². The van der Waals surface area contributed by atoms with Gasteiger partial charge in [-0.15, -0.1) is 0 Å². The number of amides is 1. The second kappa shape index (κ2) is 15.0. The molecule has 13 heteroatoms. The molecule has 48 heavy (non-hydrogen) atoms. The molecule has 0 radical (unpaired) electrons. The van der Waals surface area contributed by atoms with Gasteiger partial charge in [-0.3, -0.25) is 0 Å². The number of hydrogen-bond donors (Lipinski definition) is 1. The maximum Gasteiger partial charge on any atom is 0.410 e. The van der Waals surface area contributed by atoms with Crippen LogP contribution in [0.15, 0.2) is 55.0 Å². The van der Waals surface area contributed by atoms with Gasteiger partial charge < -0.3 is 34.1 Å². The maximum atomic E-state index is 13.2. The van der Waals surface area contributed by atoms with Crippen molar-refractivity contribution in [3.8, 4) is 11.3 Å². The number of piperazine rings is 1. The number of hydrogen-bond acceptors (Lipinski definition) is 10. The van der Waals surface area contributed by atoms with E-state index in [0.717, 1.165) is 67.5 Å². The maximum absolute atomic E-state index is 13.2. The molecule has 1 unspecified atom stereocenters. The van der Waals surface area contributed by atoms with Crippen LogP contribution in [0.3, 0.4) is 0 Å². The van der Waals surface area contributed by atoms with Gasteiger partial charge in [0, 0.05) is 72.4 Å². The highest BCUT2D eigenvalue weighted by molar-refractivity contribution is 6.76. The zero-order chi connectivity index (χ0) is 33.7. The number of carbonyl (C=O) groups excluding carboxylic acids is 1. The molecule has 2 aliphatic heterocycles. The monoisotopic (exact) mass is 671 g/mol. The Hall–Kier alpha value is -4.07. The van der Waals surface area contributed by atoms with Gasteiger partial charge in [0.15, 0.2) is 5.65 Å². The molecule has 0 bridgehead atoms. The van der Waals surface area contributed by atoms with E-state index in [0.29, 0.717) is 37.3 Å². The third kappa shape index (κ3) is 8.68. The molecular formula is C35H49N9O3Si. The summed E-state index contributed by atoms with van der Waals surface area (Å²) in [7, 11) is 0.977. The Balaban J connectivity index is 1.21. The van der Waals surface area contributed by atoms with E-state index in [4.69, 9.17) is 29.4 Å². The number of likely N-dealkylation sites (N-methyl/N-ethyl adjacent to an activating group) is 1. The second-order valence-electron chi connectivity index (χ2n) is 14.4. The molecule has 2 atom stereocenters. The predicted octanol–water partition coefficient (Wildman–Crippen LogP) is 5.41. The van der Waals surface area contributed by atoms with E-state index in [1.165, 1.54) is 0 Å². The van der Waals surface area contributed by atoms with Crippen molar-refractivity contribution in [2.24, 2.45) is 5.92 Å². The Bertz CT molecular complexity index is 1670. The van der Waals surface area contributed by atoms with Gasteiger partial charge in [-0.05, 0) is 37.1 Å². The Morgan fingerprint density at radius 1 is 1.00 bits per heavy atom. The molecule has 2 aliphatic rings. The van der Waals surface area contributed by atoms with Gasteiger partial charge in [-0.25, -0.2) is 19.7 Å². The van der Waals surface area contributed by atoms with E-state index in [9.17, 15) is 4.79 Å². The lowest BCUT2D eigenvalue weighted by molar-refractivity contribution is 0.0783. The largest absolute Gasteiger partial charge is 0.445 e. The number of rotatable bonds is 11. The number of carbonyl (C=O) groups is 1. The number of likely N-dealkylation sites (tertiary alicyclic amines) is 1. The van der Waals surface area contributed by atoms with Crippen molar-refractivity contribution in [2.75, 3.05) is 63.1 Å². The molecule has 0 aliphatic carbocycles. The normalized spacial score (nSPS) is 19.1. The fourth-order valence-corrected chi connectivity index (χ4v) is 6.93. The minimum absolute atomic E-state index is 0.0295. The molecule has 0 spiro atoms. The summed E-state index contributed by atoms with van der Waals surface area (Å²) >= 11 is 0. The van der Waals surface area contributed by atoms with Crippen molar-refractivity contribution >= 4 is 37.1 Å². The summed E-state index contributed by atoms with van der Waals surface area (Å²) in [5.74, 6) is 1.66. The molecular weight excluding hydrogens is 623 g/mol. The summed E-state index contributed by atoms with van der Waals surface area (Å²) in [6, 6.07) is 12.8. The quantitative estimate of drug-likeness (QED) is 0.164. The number of ether oxygens (including phenoxy) is 2. The Labute approximate surface area is 284 Å². The van der Waals surface area contributed by atoms with Crippen LogP contribution in [0.1, 0.15) is 18.9 Å². The van der Waals surface area contributed by atoms with E-state index in [2.05, 4.69) is 48.7 Å². The first-order valence-electron chi connectivity index (χ1n) is 17.0. The highest BCUT2D eigenvalue weighted by atomic mass is 28.3. The Morgan fingerprint density at radius 2 is 1.79 bits per heavy atom. The van der Waals surface area contributed by atoms with E-state index in [-0.39, 0.29) is 24.7 Å². The van der Waals surface area contributed by atoms with Gasteiger partial charge in [-0.1, -0.05) is 56.9 Å². The first kappa shape index (κ1) is 33.8. The molecule has 12 nitrogen and oxygen atoms in total. The lowest BCUT2D eigenvalue weighted by atomic mass is 9.96. The zero-order valence-corrected chi connectivity index (χ0v) is 29.9. The van der Waals surface area contributed by atoms with Crippen LogP contribution >= 0.6 is 0 Å². The molecule has 1 N–H and O–H groups in total. The third-order valence-corrected chi connectivity index (χ3v) is 10.7. The average Bonchev–Trinajstić information content (AvgIpc) is 3.48. The molecule has 4 aromatic rings. The number of piperidine rings is 1. The zero-order valence-electron chi connectivity index (χ0n) is 28.9. The first-order chi connectivity index (χ1) is 23.1. The Kier molecular flexibility index (Phi) is 10.6. The summed E-state index contributed by atoms with van der Waals surface area (Å²) in [4.78, 5) is 39.2. The number of aromatic nitrogens is 5. The van der Waals surface area contributed by atoms with Gasteiger partial charge in [0.05, 0.1) is 17.5 Å². The van der Waals surface area contributed by atoms with Gasteiger partial charge in [0.25, 0.3) is 0 Å². The molecule has 2 fully saturated rings. The van der Waals surface area contributed by atoms with Gasteiger partial charge in [0.2, 0.25) is 5.95 Å². The van der Waals surface area contributed by atoms with Crippen LogP contribution in [0.5, 0.6) is 0 Å². The standard InChI is InChI=1S/C35H49N9O3Si/c1-26-19-28(23-44(22-26)35(45)47-24-27-9-7-6-8-10-27)38-32-29(20-37-34(40-32)42-15-13-41(2)14-16-42)31-21-36-33-30(39-31)11-12-43(33)25-46-17-18-48(3,4)5/h6-12,20-21,26,28H,13-19,22-25H2,1-5H3,(H,37,38,40)/t26?,28-/m0/s1. The Morgan fingerprint density at radius 3 is 2.56 bits per heavy atom. The molecule has 3 aromatic heterocycles. The highest BCUT2D eigenvalue weighted by Crippen LogP contribution is 2.30. The fourth-order valence-electron chi connectivity index (χ4n) is 6.17. The third-order valence-electron chi connectivity index (χ3n) is 8.99. The van der Waals surface area contributed by atoms with Gasteiger partial charge in [0.1, 0.15) is 24.7 Å². The van der Waals surface area contributed by atoms with Crippen LogP contribution in [0.4, 0.5) is 16.6 Å². The van der Waals surface area contributed by atoms with Crippen molar-refractivity contribution in [1.82, 2.24) is 34.3 Å². The van der Waals surface area contributed by atoms with Crippen LogP contribution in [0, 0.1) is 5.92 Å². The number of nitrogens with one attached hydrogen (secondary N) is 1. The molecule has 1 aromatic carbocycles. The van der Waals surface area contributed by atoms with E-state index in [1.54, 1.807) is 11.1 Å². The summed E-state index contributed by atoms with van der Waals surface area (Å²) < 4.78 is 13.7. The van der Waals surface area contributed by atoms with Crippen LogP contribution in [-0.4, -0.2) is 107 Å². The first-order valence-corrected chi connectivity index (χ1v) is 20.7. The number of anilines is 2. The minimum Gasteiger partial charge on any atom is -0.445 e. The van der Waals surface area contributed by atoms with Crippen molar-refractivity contribution in [1.29, 1.82) is 0 Å². The van der Waals surface area contributed by atoms with Crippen LogP contribution < -0.4 is 10.2 Å². The van der Waals surface area contributed by atoms with Crippen molar-refractivity contribution in [2.45, 2.75) is 58.4 Å². The predicted molar refractivity (Wildman–Crippen MR) is 192 cm³/mol. The highest BCUT2D eigenvalue weighted by Gasteiger charge is 2.30. The molecule has 256 valence electrons. The average molecular weight is 672 g/mol. The summed E-state index contributed by atoms with van der Waals surface area (Å²) in [5.41, 5.74) is 4.00. The number of fused-ring (bicyclic) bond motifs is 1. The fraction of sp³-hybridized carbons (Fsp3) is 0.514. The van der Waals surface area contributed by atoms with Gasteiger partial charge in [-0.2, -0.15) is 4.98 Å². The molecule has 2 saturated heterocycles. The van der Waals surface area contributed by atoms with Gasteiger partial charge >= 0.3 is 6.09 Å². The topological polar surface area (TPSA) is 114 Å².